The van der Waals surface area contributed by atoms with Crippen LogP contribution in [0.4, 0.5) is 0 Å². The van der Waals surface area contributed by atoms with Crippen LogP contribution in [0.5, 0.6) is 0 Å². The maximum Gasteiger partial charge on any atom is 0.326 e. The van der Waals surface area contributed by atoms with Crippen LogP contribution in [0.3, 0.4) is 0 Å². The van der Waals surface area contributed by atoms with Gasteiger partial charge in [0.05, 0.1) is 18.6 Å². The third kappa shape index (κ3) is 3.67. The molecular weight excluding hydrogens is 242 g/mol. The van der Waals surface area contributed by atoms with Gasteiger partial charge in [-0.25, -0.2) is 8.42 Å². The summed E-state index contributed by atoms with van der Waals surface area (Å²) >= 11 is 0. The fourth-order valence-corrected chi connectivity index (χ4v) is 3.46. The monoisotopic (exact) mass is 263 g/mol. The number of carbonyl (C=O) groups is 1. The third-order valence-electron chi connectivity index (χ3n) is 3.10. The largest absolute Gasteiger partial charge is 0.468 e. The summed E-state index contributed by atoms with van der Waals surface area (Å²) in [4.78, 5) is 11.8. The number of methoxy groups -OCH3 is 1. The number of nitrogens with one attached hydrogen (secondary N) is 1. The third-order valence-corrected chi connectivity index (χ3v) is 4.76. The van der Waals surface area contributed by atoms with E-state index in [4.69, 9.17) is 4.74 Å². The maximum absolute atomic E-state index is 11.8. The summed E-state index contributed by atoms with van der Waals surface area (Å²) in [5.41, 5.74) is -0.815. The lowest BCUT2D eigenvalue weighted by Crippen LogP contribution is -2.57. The molecule has 1 N–H and O–H groups in total. The first-order valence-electron chi connectivity index (χ1n) is 5.85. The Morgan fingerprint density at radius 1 is 1.35 bits per heavy atom. The van der Waals surface area contributed by atoms with Crippen molar-refractivity contribution in [2.45, 2.75) is 32.2 Å². The Balaban J connectivity index is 2.78. The summed E-state index contributed by atoms with van der Waals surface area (Å²) in [6, 6.07) is 0. The van der Waals surface area contributed by atoms with Crippen LogP contribution >= 0.6 is 0 Å². The van der Waals surface area contributed by atoms with E-state index in [-0.39, 0.29) is 17.5 Å². The lowest BCUT2D eigenvalue weighted by molar-refractivity contribution is -0.149. The lowest BCUT2D eigenvalue weighted by atomic mass is 9.91. The quantitative estimate of drug-likeness (QED) is 0.741. The molecule has 0 atom stereocenters. The van der Waals surface area contributed by atoms with Gasteiger partial charge in [-0.3, -0.25) is 4.79 Å². The molecule has 0 amide bonds. The molecule has 1 heterocycles. The molecule has 0 aromatic heterocycles. The van der Waals surface area contributed by atoms with Gasteiger partial charge >= 0.3 is 5.97 Å². The first-order valence-corrected chi connectivity index (χ1v) is 7.67. The van der Waals surface area contributed by atoms with Crippen molar-refractivity contribution >= 4 is 15.8 Å². The SMILES string of the molecule is COC(=O)C1(NCC(C)C)CCS(=O)(=O)CC1. The van der Waals surface area contributed by atoms with Crippen LogP contribution in [0.15, 0.2) is 0 Å². The Hall–Kier alpha value is -0.620. The van der Waals surface area contributed by atoms with E-state index in [0.29, 0.717) is 25.3 Å². The van der Waals surface area contributed by atoms with Crippen molar-refractivity contribution in [2.75, 3.05) is 25.2 Å². The van der Waals surface area contributed by atoms with Crippen LogP contribution in [0.2, 0.25) is 0 Å². The highest BCUT2D eigenvalue weighted by atomic mass is 32.2. The van der Waals surface area contributed by atoms with Crippen molar-refractivity contribution < 1.29 is 17.9 Å². The molecule has 1 fully saturated rings. The topological polar surface area (TPSA) is 72.5 Å². The summed E-state index contributed by atoms with van der Waals surface area (Å²) in [5.74, 6) is 0.142. The van der Waals surface area contributed by atoms with Gasteiger partial charge in [0.1, 0.15) is 15.4 Å². The van der Waals surface area contributed by atoms with Crippen molar-refractivity contribution in [3.8, 4) is 0 Å². The van der Waals surface area contributed by atoms with E-state index in [1.54, 1.807) is 0 Å². The van der Waals surface area contributed by atoms with Crippen LogP contribution in [-0.4, -0.2) is 45.1 Å². The molecule has 1 saturated heterocycles. The summed E-state index contributed by atoms with van der Waals surface area (Å²) in [6.45, 7) is 4.75. The highest BCUT2D eigenvalue weighted by molar-refractivity contribution is 7.91. The van der Waals surface area contributed by atoms with E-state index in [0.717, 1.165) is 0 Å². The molecule has 5 nitrogen and oxygen atoms in total. The molecule has 1 aliphatic heterocycles. The molecule has 0 unspecified atom stereocenters. The van der Waals surface area contributed by atoms with Gasteiger partial charge < -0.3 is 10.1 Å². The zero-order valence-electron chi connectivity index (χ0n) is 10.7. The standard InChI is InChI=1S/C11H21NO4S/c1-9(2)8-12-11(10(13)16-3)4-6-17(14,15)7-5-11/h9,12H,4-8H2,1-3H3. The predicted molar refractivity (Wildman–Crippen MR) is 65.5 cm³/mol. The second-order valence-electron chi connectivity index (χ2n) is 5.00. The minimum absolute atomic E-state index is 0.0488. The smallest absolute Gasteiger partial charge is 0.326 e. The van der Waals surface area contributed by atoms with Gasteiger partial charge in [-0.05, 0) is 25.3 Å². The molecule has 1 rings (SSSR count). The van der Waals surface area contributed by atoms with Crippen LogP contribution in [0.25, 0.3) is 0 Å². The minimum atomic E-state index is -2.98. The van der Waals surface area contributed by atoms with Gasteiger partial charge in [-0.1, -0.05) is 13.8 Å². The van der Waals surface area contributed by atoms with Crippen LogP contribution in [-0.2, 0) is 19.4 Å². The molecule has 0 aromatic rings. The fraction of sp³-hybridized carbons (Fsp3) is 0.909. The van der Waals surface area contributed by atoms with E-state index in [9.17, 15) is 13.2 Å². The van der Waals surface area contributed by atoms with Crippen molar-refractivity contribution in [3.05, 3.63) is 0 Å². The molecule has 6 heteroatoms. The molecule has 0 radical (unpaired) electrons. The Bertz CT molecular complexity index is 361. The predicted octanol–water partition coefficient (Wildman–Crippen LogP) is 0.352. The van der Waals surface area contributed by atoms with E-state index in [1.807, 2.05) is 13.8 Å². The number of hydrogen-bond donors (Lipinski definition) is 1. The summed E-state index contributed by atoms with van der Waals surface area (Å²) < 4.78 is 27.6. The summed E-state index contributed by atoms with van der Waals surface area (Å²) in [5, 5.41) is 3.18. The van der Waals surface area contributed by atoms with Gasteiger partial charge in [0.15, 0.2) is 0 Å². The van der Waals surface area contributed by atoms with Crippen molar-refractivity contribution in [1.82, 2.24) is 5.32 Å². The van der Waals surface area contributed by atoms with Gasteiger partial charge in [0.2, 0.25) is 0 Å². The highest BCUT2D eigenvalue weighted by Crippen LogP contribution is 2.25. The Morgan fingerprint density at radius 2 is 1.88 bits per heavy atom. The molecule has 100 valence electrons. The second-order valence-corrected chi connectivity index (χ2v) is 7.30. The van der Waals surface area contributed by atoms with Crippen molar-refractivity contribution in [3.63, 3.8) is 0 Å². The number of hydrogen-bond acceptors (Lipinski definition) is 5. The van der Waals surface area contributed by atoms with Gasteiger partial charge in [-0.15, -0.1) is 0 Å². The second kappa shape index (κ2) is 5.35. The molecule has 0 bridgehead atoms. The van der Waals surface area contributed by atoms with E-state index in [2.05, 4.69) is 5.32 Å². The Labute approximate surface area is 103 Å². The van der Waals surface area contributed by atoms with Gasteiger partial charge in [0, 0.05) is 0 Å². The highest BCUT2D eigenvalue weighted by Gasteiger charge is 2.44. The molecule has 0 spiro atoms. The van der Waals surface area contributed by atoms with Gasteiger partial charge in [-0.2, -0.15) is 0 Å². The fourth-order valence-electron chi connectivity index (χ4n) is 1.93. The zero-order chi connectivity index (χ0) is 13.1. The normalized spacial score (nSPS) is 22.4. The van der Waals surface area contributed by atoms with Crippen molar-refractivity contribution in [1.29, 1.82) is 0 Å². The maximum atomic E-state index is 11.8. The molecule has 1 aliphatic rings. The number of sulfone groups is 1. The van der Waals surface area contributed by atoms with Crippen LogP contribution in [0.1, 0.15) is 26.7 Å². The number of carbonyl (C=O) groups excluding carboxylic acids is 1. The average Bonchev–Trinajstić information content (AvgIpc) is 2.27. The minimum Gasteiger partial charge on any atom is -0.468 e. The summed E-state index contributed by atoms with van der Waals surface area (Å²) in [6.07, 6.45) is 0.601. The summed E-state index contributed by atoms with van der Waals surface area (Å²) in [7, 11) is -1.64. The van der Waals surface area contributed by atoms with Gasteiger partial charge in [0.25, 0.3) is 0 Å². The van der Waals surface area contributed by atoms with E-state index < -0.39 is 15.4 Å². The Morgan fingerprint density at radius 3 is 2.29 bits per heavy atom. The number of rotatable bonds is 4. The molecule has 0 aliphatic carbocycles. The molecule has 0 saturated carbocycles. The van der Waals surface area contributed by atoms with Crippen molar-refractivity contribution in [2.24, 2.45) is 5.92 Å². The molecule has 0 aromatic carbocycles. The van der Waals surface area contributed by atoms with Crippen LogP contribution in [0, 0.1) is 5.92 Å². The number of ether oxygens (including phenoxy) is 1. The molecular formula is C11H21NO4S. The van der Waals surface area contributed by atoms with E-state index in [1.165, 1.54) is 7.11 Å². The Kier molecular flexibility index (Phi) is 4.55. The lowest BCUT2D eigenvalue weighted by Gasteiger charge is -2.35. The zero-order valence-corrected chi connectivity index (χ0v) is 11.5. The van der Waals surface area contributed by atoms with E-state index >= 15 is 0 Å². The number of esters is 1. The average molecular weight is 263 g/mol. The first-order chi connectivity index (χ1) is 7.81. The molecule has 17 heavy (non-hydrogen) atoms. The van der Waals surface area contributed by atoms with Crippen LogP contribution < -0.4 is 5.32 Å². The first kappa shape index (κ1) is 14.4.